The zero-order valence-electron chi connectivity index (χ0n) is 18.5. The summed E-state index contributed by atoms with van der Waals surface area (Å²) in [7, 11) is 3.06. The molecule has 0 aliphatic heterocycles. The van der Waals surface area contributed by atoms with E-state index in [9.17, 15) is 4.79 Å². The van der Waals surface area contributed by atoms with Gasteiger partial charge in [0.25, 0.3) is 0 Å². The Bertz CT molecular complexity index is 1200. The lowest BCUT2D eigenvalue weighted by atomic mass is 10.1. The molecule has 0 radical (unpaired) electrons. The molecule has 1 N–H and O–H groups in total. The average Bonchev–Trinajstić information content (AvgIpc) is 3.66. The number of rotatable bonds is 10. The summed E-state index contributed by atoms with van der Waals surface area (Å²) in [4.78, 5) is 25.6. The number of nitrogens with zero attached hydrogens (tertiary/aromatic N) is 3. The van der Waals surface area contributed by atoms with Gasteiger partial charge < -0.3 is 14.8 Å². The molecule has 1 saturated carbocycles. The van der Waals surface area contributed by atoms with Crippen molar-refractivity contribution >= 4 is 45.7 Å². The number of carbonyl (C=O) groups excluding carboxylic acids is 1. The third-order valence-electron chi connectivity index (χ3n) is 5.52. The number of allylic oxidation sites excluding steroid dienone is 1. The van der Waals surface area contributed by atoms with Crippen molar-refractivity contribution in [2.75, 3.05) is 26.1 Å². The highest BCUT2D eigenvalue weighted by Crippen LogP contribution is 2.46. The minimum atomic E-state index is -0.0458. The fourth-order valence-electron chi connectivity index (χ4n) is 3.46. The minimum absolute atomic E-state index is 0.0458. The molecule has 2 aromatic heterocycles. The molecular formula is C24H24Cl2N4O3. The molecule has 9 heteroatoms. The van der Waals surface area contributed by atoms with E-state index in [1.54, 1.807) is 12.3 Å². The highest BCUT2D eigenvalue weighted by molar-refractivity contribution is 6.41. The van der Waals surface area contributed by atoms with Crippen molar-refractivity contribution in [2.45, 2.75) is 25.7 Å². The van der Waals surface area contributed by atoms with Gasteiger partial charge in [0.2, 0.25) is 0 Å². The van der Waals surface area contributed by atoms with Crippen LogP contribution >= 0.6 is 23.2 Å². The van der Waals surface area contributed by atoms with Crippen LogP contribution in [0, 0.1) is 5.92 Å². The number of ketones is 1. The Balaban J connectivity index is 1.83. The first-order valence-electron chi connectivity index (χ1n) is 10.6. The molecule has 1 aromatic carbocycles. The van der Waals surface area contributed by atoms with E-state index in [-0.39, 0.29) is 5.78 Å². The van der Waals surface area contributed by atoms with Crippen LogP contribution in [0.5, 0.6) is 11.5 Å². The van der Waals surface area contributed by atoms with Crippen molar-refractivity contribution in [2.24, 2.45) is 5.92 Å². The van der Waals surface area contributed by atoms with Crippen LogP contribution in [0.4, 0.5) is 5.82 Å². The number of aryl methyl sites for hydroxylation is 1. The lowest BCUT2D eigenvalue weighted by molar-refractivity contribution is -0.114. The van der Waals surface area contributed by atoms with Crippen LogP contribution in [0.3, 0.4) is 0 Å². The summed E-state index contributed by atoms with van der Waals surface area (Å²) in [6, 6.07) is 3.48. The van der Waals surface area contributed by atoms with E-state index in [2.05, 4.69) is 21.9 Å². The van der Waals surface area contributed by atoms with E-state index < -0.39 is 0 Å². The van der Waals surface area contributed by atoms with Crippen molar-refractivity contribution in [3.63, 3.8) is 0 Å². The molecule has 2 heterocycles. The maximum atomic E-state index is 11.6. The summed E-state index contributed by atoms with van der Waals surface area (Å²) in [5.74, 6) is 2.63. The van der Waals surface area contributed by atoms with E-state index in [0.29, 0.717) is 68.7 Å². The lowest BCUT2D eigenvalue weighted by Crippen LogP contribution is -2.08. The predicted octanol–water partition coefficient (Wildman–Crippen LogP) is 5.53. The maximum absolute atomic E-state index is 11.6. The Kier molecular flexibility index (Phi) is 7.00. The quantitative estimate of drug-likeness (QED) is 0.377. The van der Waals surface area contributed by atoms with Gasteiger partial charge >= 0.3 is 0 Å². The predicted molar refractivity (Wildman–Crippen MR) is 131 cm³/mol. The number of aromatic nitrogens is 3. The summed E-state index contributed by atoms with van der Waals surface area (Å²) in [6.07, 6.45) is 6.16. The number of ether oxygens (including phenoxy) is 2. The van der Waals surface area contributed by atoms with Gasteiger partial charge in [0, 0.05) is 42.6 Å². The molecule has 0 atom stereocenters. The van der Waals surface area contributed by atoms with E-state index >= 15 is 0 Å². The Morgan fingerprint density at radius 3 is 2.48 bits per heavy atom. The third kappa shape index (κ3) is 5.04. The fraction of sp³-hybridized carbons (Fsp3) is 0.333. The molecule has 0 saturated heterocycles. The average molecular weight is 487 g/mol. The first-order chi connectivity index (χ1) is 15.9. The van der Waals surface area contributed by atoms with Gasteiger partial charge in [-0.1, -0.05) is 29.8 Å². The molecule has 0 unspecified atom stereocenters. The Morgan fingerprint density at radius 2 is 1.88 bits per heavy atom. The number of nitrogens with one attached hydrogen (secondary N) is 1. The topological polar surface area (TPSA) is 86.2 Å². The van der Waals surface area contributed by atoms with Crippen LogP contribution < -0.4 is 14.8 Å². The smallest absolute Gasteiger partial charge is 0.155 e. The highest BCUT2D eigenvalue weighted by atomic mass is 35.5. The van der Waals surface area contributed by atoms with Crippen LogP contribution in [0.25, 0.3) is 22.2 Å². The molecule has 172 valence electrons. The maximum Gasteiger partial charge on any atom is 0.155 e. The van der Waals surface area contributed by atoms with Crippen molar-refractivity contribution in [3.8, 4) is 22.8 Å². The Hall–Kier alpha value is -2.90. The van der Waals surface area contributed by atoms with Crippen molar-refractivity contribution in [3.05, 3.63) is 46.9 Å². The van der Waals surface area contributed by atoms with E-state index in [4.69, 9.17) is 37.7 Å². The summed E-state index contributed by atoms with van der Waals surface area (Å²) in [5.41, 5.74) is 1.73. The molecule has 1 aliphatic rings. The van der Waals surface area contributed by atoms with Crippen LogP contribution in [0.15, 0.2) is 31.0 Å². The second-order valence-electron chi connectivity index (χ2n) is 7.86. The molecule has 0 amide bonds. The monoisotopic (exact) mass is 486 g/mol. The number of hydrogen-bond acceptors (Lipinski definition) is 7. The largest absolute Gasteiger partial charge is 0.495 e. The summed E-state index contributed by atoms with van der Waals surface area (Å²) in [6.45, 7) is 4.31. The van der Waals surface area contributed by atoms with Crippen LogP contribution in [0.1, 0.15) is 25.1 Å². The lowest BCUT2D eigenvalue weighted by Gasteiger charge is -2.16. The number of carbonyl (C=O) groups is 1. The minimum Gasteiger partial charge on any atom is -0.495 e. The molecule has 0 bridgehead atoms. The van der Waals surface area contributed by atoms with Gasteiger partial charge in [-0.05, 0) is 30.9 Å². The SMILES string of the molecule is C=CC(=O)CCc1ncc2cc(-c3c(Cl)c(OC)cc(OC)c3Cl)nc(NCC3CC3)c2n1. The first kappa shape index (κ1) is 23.3. The molecule has 33 heavy (non-hydrogen) atoms. The number of methoxy groups -OCH3 is 2. The van der Waals surface area contributed by atoms with Crippen molar-refractivity contribution < 1.29 is 14.3 Å². The molecule has 4 rings (SSSR count). The highest BCUT2D eigenvalue weighted by Gasteiger charge is 2.24. The van der Waals surface area contributed by atoms with E-state index in [1.165, 1.54) is 33.1 Å². The number of fused-ring (bicyclic) bond motifs is 1. The van der Waals surface area contributed by atoms with Crippen LogP contribution in [-0.4, -0.2) is 41.5 Å². The summed E-state index contributed by atoms with van der Waals surface area (Å²) >= 11 is 13.3. The van der Waals surface area contributed by atoms with Gasteiger partial charge in [0.05, 0.1) is 30.0 Å². The molecular weight excluding hydrogens is 463 g/mol. The van der Waals surface area contributed by atoms with Crippen molar-refractivity contribution in [1.29, 1.82) is 0 Å². The van der Waals surface area contributed by atoms with Crippen molar-refractivity contribution in [1.82, 2.24) is 15.0 Å². The Labute approximate surface area is 202 Å². The van der Waals surface area contributed by atoms with E-state index in [1.807, 2.05) is 6.07 Å². The number of benzene rings is 1. The Morgan fingerprint density at radius 1 is 1.18 bits per heavy atom. The summed E-state index contributed by atoms with van der Waals surface area (Å²) in [5, 5.41) is 4.87. The van der Waals surface area contributed by atoms with E-state index in [0.717, 1.165) is 11.9 Å². The first-order valence-corrected chi connectivity index (χ1v) is 11.4. The zero-order chi connectivity index (χ0) is 23.5. The van der Waals surface area contributed by atoms with Gasteiger partial charge in [0.1, 0.15) is 22.8 Å². The standard InChI is InChI=1S/C24H24Cl2N4O3/c1-4-15(31)7-8-19-27-12-14-9-16(29-24(23(14)30-19)28-11-13-5-6-13)20-21(25)17(32-2)10-18(33-3)22(20)26/h4,9-10,12-13H,1,5-8,11H2,2-3H3,(H,28,29). The molecule has 7 nitrogen and oxygen atoms in total. The normalized spacial score (nSPS) is 13.1. The molecule has 3 aromatic rings. The number of anilines is 1. The molecule has 1 fully saturated rings. The van der Waals surface area contributed by atoms with Gasteiger partial charge in [-0.25, -0.2) is 15.0 Å². The molecule has 0 spiro atoms. The second kappa shape index (κ2) is 9.93. The van der Waals surface area contributed by atoms with Gasteiger partial charge in [-0.15, -0.1) is 0 Å². The number of pyridine rings is 1. The van der Waals surface area contributed by atoms with Gasteiger partial charge in [-0.3, -0.25) is 4.79 Å². The van der Waals surface area contributed by atoms with Crippen LogP contribution in [0.2, 0.25) is 10.0 Å². The number of hydrogen-bond donors (Lipinski definition) is 1. The second-order valence-corrected chi connectivity index (χ2v) is 8.61. The zero-order valence-corrected chi connectivity index (χ0v) is 20.0. The third-order valence-corrected chi connectivity index (χ3v) is 6.27. The van der Waals surface area contributed by atoms with Gasteiger partial charge in [-0.2, -0.15) is 0 Å². The fourth-order valence-corrected chi connectivity index (χ4v) is 4.15. The number of halogens is 2. The summed E-state index contributed by atoms with van der Waals surface area (Å²) < 4.78 is 10.8. The molecule has 1 aliphatic carbocycles. The van der Waals surface area contributed by atoms with Gasteiger partial charge in [0.15, 0.2) is 11.6 Å². The van der Waals surface area contributed by atoms with Crippen LogP contribution in [-0.2, 0) is 11.2 Å².